The van der Waals surface area contributed by atoms with Gasteiger partial charge in [-0.25, -0.2) is 0 Å². The largest absolute Gasteiger partial charge is 0.351 e. The molecule has 1 N–H and O–H groups in total. The maximum atomic E-state index is 12.2. The third kappa shape index (κ3) is 2.87. The topological polar surface area (TPSA) is 29.1 Å². The summed E-state index contributed by atoms with van der Waals surface area (Å²) in [6.45, 7) is 0.724. The second kappa shape index (κ2) is 5.56. The van der Waals surface area contributed by atoms with Gasteiger partial charge in [0, 0.05) is 21.1 Å². The second-order valence-electron chi connectivity index (χ2n) is 5.34. The lowest BCUT2D eigenvalue weighted by atomic mass is 9.96. The Balaban J connectivity index is 1.67. The van der Waals surface area contributed by atoms with Gasteiger partial charge in [0.2, 0.25) is 0 Å². The number of carbonyl (C=O) groups is 1. The molecule has 0 bridgehead atoms. The zero-order valence-corrected chi connectivity index (χ0v) is 13.3. The lowest BCUT2D eigenvalue weighted by molar-refractivity contribution is 0.0949. The molecule has 3 heteroatoms. The van der Waals surface area contributed by atoms with Crippen LogP contribution in [0.5, 0.6) is 0 Å². The van der Waals surface area contributed by atoms with Crippen molar-refractivity contribution in [3.05, 3.63) is 69.3 Å². The van der Waals surface area contributed by atoms with Crippen LogP contribution in [0.1, 0.15) is 28.8 Å². The summed E-state index contributed by atoms with van der Waals surface area (Å²) in [6, 6.07) is 18.2. The van der Waals surface area contributed by atoms with Crippen molar-refractivity contribution in [2.75, 3.05) is 6.54 Å². The van der Waals surface area contributed by atoms with Gasteiger partial charge in [0.05, 0.1) is 0 Å². The van der Waals surface area contributed by atoms with Gasteiger partial charge in [0.1, 0.15) is 0 Å². The van der Waals surface area contributed by atoms with Crippen LogP contribution in [0.15, 0.2) is 54.6 Å². The molecule has 0 atom stereocenters. The lowest BCUT2D eigenvalue weighted by Gasteiger charge is -2.16. The van der Waals surface area contributed by atoms with Crippen LogP contribution in [-0.4, -0.2) is 12.5 Å². The Kier molecular flexibility index (Phi) is 3.78. The molecule has 1 amide bonds. The Morgan fingerprint density at radius 2 is 1.85 bits per heavy atom. The molecule has 0 saturated heterocycles. The van der Waals surface area contributed by atoms with Crippen molar-refractivity contribution in [2.45, 2.75) is 18.3 Å². The molecule has 1 aliphatic carbocycles. The summed E-state index contributed by atoms with van der Waals surface area (Å²) in [4.78, 5) is 12.2. The van der Waals surface area contributed by atoms with Crippen LogP contribution in [0.25, 0.3) is 0 Å². The van der Waals surface area contributed by atoms with Crippen LogP contribution < -0.4 is 5.32 Å². The van der Waals surface area contributed by atoms with Crippen LogP contribution in [0.4, 0.5) is 0 Å². The molecule has 0 heterocycles. The van der Waals surface area contributed by atoms with Crippen molar-refractivity contribution in [2.24, 2.45) is 0 Å². The molecule has 20 heavy (non-hydrogen) atoms. The van der Waals surface area contributed by atoms with Crippen molar-refractivity contribution in [3.8, 4) is 0 Å². The summed E-state index contributed by atoms with van der Waals surface area (Å²) >= 11 is 2.23. The minimum absolute atomic E-state index is 0.0192. The smallest absolute Gasteiger partial charge is 0.251 e. The molecule has 0 spiro atoms. The Labute approximate surface area is 132 Å². The van der Waals surface area contributed by atoms with Gasteiger partial charge in [-0.2, -0.15) is 0 Å². The highest BCUT2D eigenvalue weighted by atomic mass is 127. The van der Waals surface area contributed by atoms with Crippen LogP contribution in [-0.2, 0) is 5.41 Å². The van der Waals surface area contributed by atoms with E-state index in [0.29, 0.717) is 0 Å². The summed E-state index contributed by atoms with van der Waals surface area (Å²) in [7, 11) is 0. The molecule has 1 fully saturated rings. The maximum Gasteiger partial charge on any atom is 0.251 e. The van der Waals surface area contributed by atoms with Crippen LogP contribution in [0, 0.1) is 3.57 Å². The number of carbonyl (C=O) groups excluding carboxylic acids is 1. The van der Waals surface area contributed by atoms with E-state index in [2.05, 4.69) is 52.2 Å². The minimum atomic E-state index is 0.0192. The van der Waals surface area contributed by atoms with E-state index >= 15 is 0 Å². The summed E-state index contributed by atoms with van der Waals surface area (Å²) in [5, 5.41) is 3.09. The summed E-state index contributed by atoms with van der Waals surface area (Å²) in [5.41, 5.74) is 2.24. The zero-order chi connectivity index (χ0) is 14.0. The molecule has 0 aromatic heterocycles. The SMILES string of the molecule is O=C(NCC1(c2ccccc2)CC1)c1cccc(I)c1. The van der Waals surface area contributed by atoms with Crippen LogP contribution >= 0.6 is 22.6 Å². The molecule has 2 aromatic rings. The van der Waals surface area contributed by atoms with Gasteiger partial charge in [-0.15, -0.1) is 0 Å². The van der Waals surface area contributed by atoms with Gasteiger partial charge < -0.3 is 5.32 Å². The predicted molar refractivity (Wildman–Crippen MR) is 88.8 cm³/mol. The zero-order valence-electron chi connectivity index (χ0n) is 11.1. The average Bonchev–Trinajstić information content (AvgIpc) is 3.27. The predicted octanol–water partition coefficient (Wildman–Crippen LogP) is 3.75. The molecule has 3 rings (SSSR count). The first kappa shape index (κ1) is 13.6. The highest BCUT2D eigenvalue weighted by Gasteiger charge is 2.44. The maximum absolute atomic E-state index is 12.2. The molecule has 0 unspecified atom stereocenters. The van der Waals surface area contributed by atoms with E-state index in [-0.39, 0.29) is 11.3 Å². The van der Waals surface area contributed by atoms with Gasteiger partial charge in [0.15, 0.2) is 0 Å². The van der Waals surface area contributed by atoms with E-state index in [4.69, 9.17) is 0 Å². The van der Waals surface area contributed by atoms with Crippen molar-refractivity contribution in [3.63, 3.8) is 0 Å². The summed E-state index contributed by atoms with van der Waals surface area (Å²) in [5.74, 6) is 0.0192. The third-order valence-electron chi connectivity index (χ3n) is 3.91. The highest BCUT2D eigenvalue weighted by Crippen LogP contribution is 2.47. The fourth-order valence-electron chi connectivity index (χ4n) is 2.49. The van der Waals surface area contributed by atoms with Crippen molar-refractivity contribution >= 4 is 28.5 Å². The van der Waals surface area contributed by atoms with Crippen molar-refractivity contribution in [1.29, 1.82) is 0 Å². The molecule has 2 nitrogen and oxygen atoms in total. The van der Waals surface area contributed by atoms with Crippen LogP contribution in [0.3, 0.4) is 0 Å². The first-order valence-electron chi connectivity index (χ1n) is 6.79. The number of hydrogen-bond acceptors (Lipinski definition) is 1. The van der Waals surface area contributed by atoms with Gasteiger partial charge in [-0.05, 0) is 59.2 Å². The molecule has 0 aliphatic heterocycles. The number of hydrogen-bond donors (Lipinski definition) is 1. The van der Waals surface area contributed by atoms with Crippen molar-refractivity contribution < 1.29 is 4.79 Å². The summed E-state index contributed by atoms with van der Waals surface area (Å²) in [6.07, 6.45) is 2.31. The van der Waals surface area contributed by atoms with E-state index in [1.165, 1.54) is 5.56 Å². The van der Waals surface area contributed by atoms with Gasteiger partial charge in [-0.3, -0.25) is 4.79 Å². The second-order valence-corrected chi connectivity index (χ2v) is 6.59. The monoisotopic (exact) mass is 377 g/mol. The first-order chi connectivity index (χ1) is 9.70. The Morgan fingerprint density at radius 3 is 2.50 bits per heavy atom. The van der Waals surface area contributed by atoms with E-state index in [9.17, 15) is 4.79 Å². The normalized spacial score (nSPS) is 15.7. The molecular formula is C17H16INO. The molecule has 2 aromatic carbocycles. The highest BCUT2D eigenvalue weighted by molar-refractivity contribution is 14.1. The van der Waals surface area contributed by atoms with E-state index in [1.54, 1.807) is 0 Å². The molecule has 1 aliphatic rings. The first-order valence-corrected chi connectivity index (χ1v) is 7.87. The average molecular weight is 377 g/mol. The number of rotatable bonds is 4. The quantitative estimate of drug-likeness (QED) is 0.808. The Hall–Kier alpha value is -1.36. The minimum Gasteiger partial charge on any atom is -0.351 e. The fraction of sp³-hybridized carbons (Fsp3) is 0.235. The number of benzene rings is 2. The fourth-order valence-corrected chi connectivity index (χ4v) is 3.03. The Morgan fingerprint density at radius 1 is 1.10 bits per heavy atom. The van der Waals surface area contributed by atoms with Gasteiger partial charge >= 0.3 is 0 Å². The van der Waals surface area contributed by atoms with E-state index in [1.807, 2.05) is 30.3 Å². The number of amides is 1. The standard InChI is InChI=1S/C17H16INO/c18-15-8-4-5-13(11-15)16(20)19-12-17(9-10-17)14-6-2-1-3-7-14/h1-8,11H,9-10,12H2,(H,19,20). The molecule has 102 valence electrons. The Bertz CT molecular complexity index is 620. The number of nitrogens with one attached hydrogen (secondary N) is 1. The van der Waals surface area contributed by atoms with Crippen molar-refractivity contribution in [1.82, 2.24) is 5.32 Å². The molecule has 1 saturated carbocycles. The van der Waals surface area contributed by atoms with Crippen LogP contribution in [0.2, 0.25) is 0 Å². The number of halogens is 1. The van der Waals surface area contributed by atoms with E-state index < -0.39 is 0 Å². The molecular weight excluding hydrogens is 361 g/mol. The van der Waals surface area contributed by atoms with Gasteiger partial charge in [-0.1, -0.05) is 36.4 Å². The molecule has 0 radical (unpaired) electrons. The van der Waals surface area contributed by atoms with E-state index in [0.717, 1.165) is 28.5 Å². The van der Waals surface area contributed by atoms with Gasteiger partial charge in [0.25, 0.3) is 5.91 Å². The lowest BCUT2D eigenvalue weighted by Crippen LogP contribution is -2.32. The summed E-state index contributed by atoms with van der Waals surface area (Å²) < 4.78 is 1.08. The third-order valence-corrected chi connectivity index (χ3v) is 4.58.